The highest BCUT2D eigenvalue weighted by atomic mass is 79.9. The van der Waals surface area contributed by atoms with Crippen LogP contribution >= 0.6 is 15.9 Å². The molecule has 0 amide bonds. The van der Waals surface area contributed by atoms with E-state index in [4.69, 9.17) is 5.11 Å². The summed E-state index contributed by atoms with van der Waals surface area (Å²) in [6, 6.07) is 0.232. The van der Waals surface area contributed by atoms with Crippen molar-refractivity contribution in [3.63, 3.8) is 0 Å². The number of hydrogen-bond acceptors (Lipinski definition) is 3. The second-order valence-electron chi connectivity index (χ2n) is 2.52. The van der Waals surface area contributed by atoms with E-state index in [1.807, 2.05) is 13.8 Å². The van der Waals surface area contributed by atoms with Crippen molar-refractivity contribution in [2.75, 3.05) is 0 Å². The highest BCUT2D eigenvalue weighted by Gasteiger charge is 2.10. The fourth-order valence-electron chi connectivity index (χ4n) is 0.846. The molecule has 0 saturated carbocycles. The lowest BCUT2D eigenvalue weighted by Gasteiger charge is -2.06. The van der Waals surface area contributed by atoms with E-state index >= 15 is 0 Å². The maximum Gasteiger partial charge on any atom is 0.153 e. The van der Waals surface area contributed by atoms with Crippen molar-refractivity contribution in [1.82, 2.24) is 15.0 Å². The van der Waals surface area contributed by atoms with Crippen molar-refractivity contribution in [2.24, 2.45) is 0 Å². The molecule has 1 aromatic heterocycles. The molecule has 0 atom stereocenters. The van der Waals surface area contributed by atoms with Gasteiger partial charge in [0.2, 0.25) is 0 Å². The molecule has 0 spiro atoms. The van der Waals surface area contributed by atoms with E-state index < -0.39 is 0 Å². The van der Waals surface area contributed by atoms with Crippen LogP contribution in [0.1, 0.15) is 25.6 Å². The third kappa shape index (κ3) is 1.59. The van der Waals surface area contributed by atoms with E-state index in [0.717, 1.165) is 5.69 Å². The van der Waals surface area contributed by atoms with Gasteiger partial charge in [0.25, 0.3) is 0 Å². The Morgan fingerprint density at radius 2 is 2.27 bits per heavy atom. The molecule has 1 heterocycles. The molecule has 0 aliphatic carbocycles. The van der Waals surface area contributed by atoms with Crippen LogP contribution in [-0.2, 0) is 6.61 Å². The molecular formula is C6H10BrN3O. The van der Waals surface area contributed by atoms with Crippen molar-refractivity contribution in [3.8, 4) is 0 Å². The monoisotopic (exact) mass is 219 g/mol. The molecular weight excluding hydrogens is 210 g/mol. The summed E-state index contributed by atoms with van der Waals surface area (Å²) in [7, 11) is 0. The van der Waals surface area contributed by atoms with Crippen molar-refractivity contribution in [2.45, 2.75) is 26.5 Å². The Bertz CT molecular complexity index is 246. The highest BCUT2D eigenvalue weighted by Crippen LogP contribution is 2.15. The number of nitrogens with zero attached hydrogens (tertiary/aromatic N) is 3. The Kier molecular flexibility index (Phi) is 2.62. The predicted molar refractivity (Wildman–Crippen MR) is 44.0 cm³/mol. The average molecular weight is 220 g/mol. The molecule has 11 heavy (non-hydrogen) atoms. The smallest absolute Gasteiger partial charge is 0.153 e. The van der Waals surface area contributed by atoms with E-state index in [9.17, 15) is 0 Å². The molecule has 0 radical (unpaired) electrons. The third-order valence-electron chi connectivity index (χ3n) is 1.38. The van der Waals surface area contributed by atoms with E-state index in [1.165, 1.54) is 0 Å². The van der Waals surface area contributed by atoms with Crippen LogP contribution in [0.15, 0.2) is 4.60 Å². The molecule has 1 N–H and O–H groups in total. The van der Waals surface area contributed by atoms with Gasteiger partial charge in [-0.15, -0.1) is 5.10 Å². The molecule has 62 valence electrons. The number of rotatable bonds is 2. The lowest BCUT2D eigenvalue weighted by atomic mass is 10.4. The summed E-state index contributed by atoms with van der Waals surface area (Å²) < 4.78 is 2.30. The van der Waals surface area contributed by atoms with Gasteiger partial charge in [0.15, 0.2) is 4.60 Å². The quantitative estimate of drug-likeness (QED) is 0.812. The topological polar surface area (TPSA) is 50.9 Å². The molecule has 0 aliphatic rings. The molecule has 0 fully saturated rings. The normalized spacial score (nSPS) is 11.0. The molecule has 0 aromatic carbocycles. The van der Waals surface area contributed by atoms with Crippen LogP contribution in [0.5, 0.6) is 0 Å². The number of aromatic nitrogens is 3. The van der Waals surface area contributed by atoms with Gasteiger partial charge in [-0.2, -0.15) is 0 Å². The van der Waals surface area contributed by atoms with Gasteiger partial charge in [-0.25, -0.2) is 4.68 Å². The summed E-state index contributed by atoms with van der Waals surface area (Å²) in [4.78, 5) is 0. The first-order valence-electron chi connectivity index (χ1n) is 3.37. The van der Waals surface area contributed by atoms with E-state index in [0.29, 0.717) is 4.60 Å². The minimum atomic E-state index is -0.0359. The molecule has 0 saturated heterocycles. The van der Waals surface area contributed by atoms with Gasteiger partial charge in [-0.3, -0.25) is 0 Å². The second kappa shape index (κ2) is 3.32. The lowest BCUT2D eigenvalue weighted by molar-refractivity contribution is 0.263. The predicted octanol–water partition coefficient (Wildman–Crippen LogP) is 1.11. The molecule has 4 nitrogen and oxygen atoms in total. The Balaban J connectivity index is 3.05. The standard InChI is InChI=1S/C6H10BrN3O/c1-4(2)10-5(3-11)6(7)8-9-10/h4,11H,3H2,1-2H3. The Morgan fingerprint density at radius 3 is 2.64 bits per heavy atom. The molecule has 5 heteroatoms. The van der Waals surface area contributed by atoms with Crippen LogP contribution in [-0.4, -0.2) is 20.1 Å². The van der Waals surface area contributed by atoms with Gasteiger partial charge >= 0.3 is 0 Å². The zero-order chi connectivity index (χ0) is 8.43. The number of aliphatic hydroxyl groups is 1. The largest absolute Gasteiger partial charge is 0.390 e. The van der Waals surface area contributed by atoms with E-state index in [-0.39, 0.29) is 12.6 Å². The minimum Gasteiger partial charge on any atom is -0.390 e. The van der Waals surface area contributed by atoms with Crippen molar-refractivity contribution >= 4 is 15.9 Å². The highest BCUT2D eigenvalue weighted by molar-refractivity contribution is 9.10. The summed E-state index contributed by atoms with van der Waals surface area (Å²) in [5.74, 6) is 0. The second-order valence-corrected chi connectivity index (χ2v) is 3.27. The Labute approximate surface area is 73.3 Å². The first-order chi connectivity index (χ1) is 5.16. The summed E-state index contributed by atoms with van der Waals surface area (Å²) in [5.41, 5.74) is 0.722. The number of aliphatic hydroxyl groups excluding tert-OH is 1. The fraction of sp³-hybridized carbons (Fsp3) is 0.667. The van der Waals surface area contributed by atoms with Crippen LogP contribution in [0, 0.1) is 0 Å². The maximum atomic E-state index is 8.91. The number of hydrogen-bond donors (Lipinski definition) is 1. The Hall–Kier alpha value is -0.420. The SMILES string of the molecule is CC(C)n1nnc(Br)c1CO. The van der Waals surface area contributed by atoms with Crippen molar-refractivity contribution in [1.29, 1.82) is 0 Å². The van der Waals surface area contributed by atoms with Gasteiger partial charge in [-0.05, 0) is 29.8 Å². The summed E-state index contributed by atoms with van der Waals surface area (Å²) >= 11 is 3.19. The summed E-state index contributed by atoms with van der Waals surface area (Å²) in [6.45, 7) is 3.94. The fourth-order valence-corrected chi connectivity index (χ4v) is 1.22. The van der Waals surface area contributed by atoms with Crippen LogP contribution in [0.2, 0.25) is 0 Å². The number of halogens is 1. The van der Waals surface area contributed by atoms with Crippen LogP contribution in [0.3, 0.4) is 0 Å². The molecule has 1 aromatic rings. The van der Waals surface area contributed by atoms with Gasteiger partial charge in [-0.1, -0.05) is 5.21 Å². The summed E-state index contributed by atoms with van der Waals surface area (Å²) in [6.07, 6.45) is 0. The first-order valence-corrected chi connectivity index (χ1v) is 4.16. The lowest BCUT2D eigenvalue weighted by Crippen LogP contribution is -2.07. The van der Waals surface area contributed by atoms with Gasteiger partial charge in [0, 0.05) is 6.04 Å². The van der Waals surface area contributed by atoms with Crippen LogP contribution in [0.4, 0.5) is 0 Å². The van der Waals surface area contributed by atoms with Crippen molar-refractivity contribution < 1.29 is 5.11 Å². The first kappa shape index (κ1) is 8.67. The molecule has 0 aliphatic heterocycles. The van der Waals surface area contributed by atoms with Gasteiger partial charge in [0.1, 0.15) is 0 Å². The minimum absolute atomic E-state index is 0.0359. The maximum absolute atomic E-state index is 8.91. The van der Waals surface area contributed by atoms with Gasteiger partial charge < -0.3 is 5.11 Å². The third-order valence-corrected chi connectivity index (χ3v) is 2.00. The molecule has 0 bridgehead atoms. The zero-order valence-corrected chi connectivity index (χ0v) is 8.04. The summed E-state index contributed by atoms with van der Waals surface area (Å²) in [5, 5.41) is 16.5. The Morgan fingerprint density at radius 1 is 1.64 bits per heavy atom. The van der Waals surface area contributed by atoms with Crippen LogP contribution < -0.4 is 0 Å². The van der Waals surface area contributed by atoms with E-state index in [1.54, 1.807) is 4.68 Å². The zero-order valence-electron chi connectivity index (χ0n) is 6.45. The van der Waals surface area contributed by atoms with E-state index in [2.05, 4.69) is 26.2 Å². The average Bonchev–Trinajstić information content (AvgIpc) is 2.30. The molecule has 1 rings (SSSR count). The van der Waals surface area contributed by atoms with Crippen LogP contribution in [0.25, 0.3) is 0 Å². The molecule has 0 unspecified atom stereocenters. The van der Waals surface area contributed by atoms with Crippen molar-refractivity contribution in [3.05, 3.63) is 10.3 Å². The van der Waals surface area contributed by atoms with Gasteiger partial charge in [0.05, 0.1) is 12.3 Å².